The minimum atomic E-state index is -0.357. The van der Waals surface area contributed by atoms with Gasteiger partial charge in [0.2, 0.25) is 5.12 Å². The lowest BCUT2D eigenvalue weighted by molar-refractivity contribution is -0.117. The van der Waals surface area contributed by atoms with E-state index in [0.29, 0.717) is 16.1 Å². The van der Waals surface area contributed by atoms with E-state index in [2.05, 4.69) is 47.6 Å². The van der Waals surface area contributed by atoms with Gasteiger partial charge in [0.25, 0.3) is 0 Å². The number of thioether (sulfide) groups is 1. The number of rotatable bonds is 10. The van der Waals surface area contributed by atoms with Crippen molar-refractivity contribution < 1.29 is 9.53 Å². The van der Waals surface area contributed by atoms with Gasteiger partial charge in [-0.05, 0) is 116 Å². The van der Waals surface area contributed by atoms with Gasteiger partial charge in [0.1, 0.15) is 5.75 Å². The Morgan fingerprint density at radius 1 is 1.00 bits per heavy atom. The van der Waals surface area contributed by atoms with Crippen LogP contribution in [0.4, 0.5) is 0 Å². The molecule has 222 valence electrons. The molecule has 5 rings (SSSR count). The first-order chi connectivity index (χ1) is 19.2. The molecular formula is C37H56O2S. The third-order valence-corrected chi connectivity index (χ3v) is 13.4. The normalized spacial score (nSPS) is 36.7. The summed E-state index contributed by atoms with van der Waals surface area (Å²) in [7, 11) is 0. The minimum Gasteiger partial charge on any atom is -0.482 e. The maximum atomic E-state index is 13.3. The summed E-state index contributed by atoms with van der Waals surface area (Å²) in [5.74, 6) is 6.05. The summed E-state index contributed by atoms with van der Waals surface area (Å²) < 4.78 is 6.09. The number of benzene rings is 1. The van der Waals surface area contributed by atoms with Gasteiger partial charge in [-0.1, -0.05) is 102 Å². The van der Waals surface area contributed by atoms with Crippen LogP contribution < -0.4 is 4.74 Å². The first-order valence-corrected chi connectivity index (χ1v) is 17.6. The summed E-state index contributed by atoms with van der Waals surface area (Å²) in [5, 5.41) is 0.607. The van der Waals surface area contributed by atoms with Crippen molar-refractivity contribution in [2.75, 3.05) is 0 Å². The number of allylic oxidation sites excluding steroid dienone is 2. The zero-order valence-electron chi connectivity index (χ0n) is 26.3. The van der Waals surface area contributed by atoms with Gasteiger partial charge >= 0.3 is 0 Å². The number of fused-ring (bicyclic) bond motifs is 5. The first-order valence-electron chi connectivity index (χ1n) is 16.8. The molecule has 2 nitrogen and oxygen atoms in total. The Kier molecular flexibility index (Phi) is 9.50. The molecule has 3 saturated carbocycles. The number of para-hydroxylation sites is 1. The molecule has 1 aromatic rings. The van der Waals surface area contributed by atoms with E-state index >= 15 is 0 Å². The molecule has 0 radical (unpaired) electrons. The maximum absolute atomic E-state index is 13.3. The predicted octanol–water partition coefficient (Wildman–Crippen LogP) is 10.5. The highest BCUT2D eigenvalue weighted by molar-refractivity contribution is 8.14. The van der Waals surface area contributed by atoms with E-state index < -0.39 is 0 Å². The summed E-state index contributed by atoms with van der Waals surface area (Å²) >= 11 is 1.58. The summed E-state index contributed by atoms with van der Waals surface area (Å²) in [6, 6.07) is 9.83. The largest absolute Gasteiger partial charge is 0.482 e. The second-order valence-corrected chi connectivity index (χ2v) is 16.2. The van der Waals surface area contributed by atoms with E-state index in [-0.39, 0.29) is 11.2 Å². The molecule has 0 amide bonds. The van der Waals surface area contributed by atoms with E-state index in [9.17, 15) is 4.79 Å². The Hall–Kier alpha value is -1.22. The molecule has 0 aliphatic heterocycles. The van der Waals surface area contributed by atoms with Crippen LogP contribution in [0.2, 0.25) is 0 Å². The lowest BCUT2D eigenvalue weighted by Gasteiger charge is -2.58. The van der Waals surface area contributed by atoms with Crippen LogP contribution in [-0.4, -0.2) is 16.5 Å². The Bertz CT molecular complexity index is 1030. The summed E-state index contributed by atoms with van der Waals surface area (Å²) in [6.45, 7) is 14.7. The van der Waals surface area contributed by atoms with Crippen LogP contribution in [0, 0.1) is 46.3 Å². The third-order valence-electron chi connectivity index (χ3n) is 12.2. The van der Waals surface area contributed by atoms with Gasteiger partial charge < -0.3 is 4.74 Å². The Balaban J connectivity index is 1.22. The second kappa shape index (κ2) is 12.6. The van der Waals surface area contributed by atoms with Gasteiger partial charge in [0.05, 0.1) is 0 Å². The number of carbonyl (C=O) groups is 1. The number of carbonyl (C=O) groups excluding carboxylic acids is 1. The lowest BCUT2D eigenvalue weighted by Crippen LogP contribution is -2.50. The lowest BCUT2D eigenvalue weighted by atomic mass is 9.47. The first kappa shape index (κ1) is 30.2. The highest BCUT2D eigenvalue weighted by Gasteiger charge is 2.59. The fraction of sp³-hybridized carbons (Fsp3) is 0.757. The molecule has 0 N–H and O–H groups in total. The van der Waals surface area contributed by atoms with Crippen molar-refractivity contribution in [1.82, 2.24) is 0 Å². The molecule has 3 fully saturated rings. The van der Waals surface area contributed by atoms with Crippen molar-refractivity contribution in [3.63, 3.8) is 0 Å². The summed E-state index contributed by atoms with van der Waals surface area (Å²) in [6.07, 6.45) is 17.8. The van der Waals surface area contributed by atoms with Crippen LogP contribution >= 0.6 is 11.8 Å². The van der Waals surface area contributed by atoms with Gasteiger partial charge in [-0.15, -0.1) is 0 Å². The van der Waals surface area contributed by atoms with Crippen LogP contribution in [0.1, 0.15) is 119 Å². The van der Waals surface area contributed by atoms with Gasteiger partial charge in [0, 0.05) is 5.25 Å². The molecular weight excluding hydrogens is 508 g/mol. The zero-order chi connectivity index (χ0) is 28.5. The molecule has 0 aromatic heterocycles. The Morgan fingerprint density at radius 2 is 1.77 bits per heavy atom. The predicted molar refractivity (Wildman–Crippen MR) is 171 cm³/mol. The number of hydrogen-bond acceptors (Lipinski definition) is 3. The van der Waals surface area contributed by atoms with Crippen LogP contribution in [-0.2, 0) is 4.79 Å². The molecule has 0 spiro atoms. The SMILES string of the molecule is CC[C@H](Oc1ccccc1)C(=O)S[C@H]1CC[C@@]2(C)C(=CC[C@H]3[C@@H]4CC[C@H]([C@H](C)CCCC(C)C)[C@@]4(C)CC[C@@H]32)C1. The monoisotopic (exact) mass is 564 g/mol. The smallest absolute Gasteiger partial charge is 0.229 e. The van der Waals surface area contributed by atoms with Gasteiger partial charge in [-0.3, -0.25) is 4.79 Å². The second-order valence-electron chi connectivity index (χ2n) is 14.9. The van der Waals surface area contributed by atoms with E-state index in [1.807, 2.05) is 30.3 Å². The van der Waals surface area contributed by atoms with Crippen molar-refractivity contribution in [3.8, 4) is 5.75 Å². The van der Waals surface area contributed by atoms with Crippen LogP contribution in [0.25, 0.3) is 0 Å². The Labute approximate surface area is 249 Å². The molecule has 3 heteroatoms. The highest BCUT2D eigenvalue weighted by atomic mass is 32.2. The topological polar surface area (TPSA) is 26.3 Å². The van der Waals surface area contributed by atoms with E-state index in [1.54, 1.807) is 17.3 Å². The summed E-state index contributed by atoms with van der Waals surface area (Å²) in [5.41, 5.74) is 2.58. The van der Waals surface area contributed by atoms with Gasteiger partial charge in [-0.25, -0.2) is 0 Å². The third kappa shape index (κ3) is 5.97. The number of ether oxygens (including phenoxy) is 1. The van der Waals surface area contributed by atoms with Crippen molar-refractivity contribution in [1.29, 1.82) is 0 Å². The molecule has 0 bridgehead atoms. The van der Waals surface area contributed by atoms with Crippen molar-refractivity contribution in [2.45, 2.75) is 130 Å². The molecule has 40 heavy (non-hydrogen) atoms. The Morgan fingerprint density at radius 3 is 2.50 bits per heavy atom. The van der Waals surface area contributed by atoms with Crippen LogP contribution in [0.5, 0.6) is 5.75 Å². The van der Waals surface area contributed by atoms with Crippen molar-refractivity contribution in [3.05, 3.63) is 42.0 Å². The van der Waals surface area contributed by atoms with Crippen LogP contribution in [0.3, 0.4) is 0 Å². The van der Waals surface area contributed by atoms with Crippen molar-refractivity contribution >= 4 is 16.9 Å². The maximum Gasteiger partial charge on any atom is 0.229 e. The van der Waals surface area contributed by atoms with E-state index in [1.165, 1.54) is 57.8 Å². The number of hydrogen-bond donors (Lipinski definition) is 0. The molecule has 0 saturated heterocycles. The molecule has 0 unspecified atom stereocenters. The molecule has 1 aromatic carbocycles. The molecule has 4 aliphatic rings. The van der Waals surface area contributed by atoms with Crippen LogP contribution in [0.15, 0.2) is 42.0 Å². The summed E-state index contributed by atoms with van der Waals surface area (Å²) in [4.78, 5) is 13.3. The highest BCUT2D eigenvalue weighted by Crippen LogP contribution is 2.67. The average Bonchev–Trinajstić information content (AvgIpc) is 3.29. The zero-order valence-corrected chi connectivity index (χ0v) is 27.1. The van der Waals surface area contributed by atoms with Crippen molar-refractivity contribution in [2.24, 2.45) is 46.3 Å². The van der Waals surface area contributed by atoms with Gasteiger partial charge in [-0.2, -0.15) is 0 Å². The quantitative estimate of drug-likeness (QED) is 0.264. The fourth-order valence-corrected chi connectivity index (χ4v) is 11.1. The average molecular weight is 565 g/mol. The van der Waals surface area contributed by atoms with E-state index in [0.717, 1.165) is 60.5 Å². The molecule has 9 atom stereocenters. The fourth-order valence-electron chi connectivity index (χ4n) is 9.95. The molecule has 4 aliphatic carbocycles. The minimum absolute atomic E-state index is 0.210. The van der Waals surface area contributed by atoms with E-state index in [4.69, 9.17) is 4.74 Å². The standard InChI is InChI=1S/C37H56O2S/c1-7-34(39-28-14-9-8-10-15-28)35(38)40-29-20-22-36(5)27(24-29)16-17-30-32-19-18-31(26(4)13-11-12-25(2)3)37(32,6)23-21-33(30)36/h8-10,14-16,25-26,29-34H,7,11-13,17-24H2,1-6H3/t26-,29+,30+,31-,32+,33+,34+,36+,37-/m1/s1. The molecule has 0 heterocycles. The van der Waals surface area contributed by atoms with Gasteiger partial charge in [0.15, 0.2) is 6.10 Å².